The molecule has 2 aromatic rings. The van der Waals surface area contributed by atoms with E-state index < -0.39 is 0 Å². The van der Waals surface area contributed by atoms with E-state index in [2.05, 4.69) is 27.5 Å². The van der Waals surface area contributed by atoms with Crippen LogP contribution in [0.2, 0.25) is 0 Å². The molecule has 7 heteroatoms. The Labute approximate surface area is 163 Å². The van der Waals surface area contributed by atoms with Crippen LogP contribution < -0.4 is 5.32 Å². The van der Waals surface area contributed by atoms with Gasteiger partial charge < -0.3 is 15.0 Å². The number of carbonyl (C=O) groups excluding carboxylic acids is 1. The summed E-state index contributed by atoms with van der Waals surface area (Å²) in [6.45, 7) is 1.79. The summed E-state index contributed by atoms with van der Waals surface area (Å²) in [5.74, 6) is 4.88. The number of hydrogen-bond acceptors (Lipinski definition) is 5. The van der Waals surface area contributed by atoms with Crippen LogP contribution in [-0.4, -0.2) is 31.5 Å². The van der Waals surface area contributed by atoms with Crippen molar-refractivity contribution in [3.63, 3.8) is 0 Å². The number of nitrogens with one attached hydrogen (secondary N) is 1. The van der Waals surface area contributed by atoms with Crippen molar-refractivity contribution in [2.45, 2.75) is 13.5 Å². The number of rotatable bonds is 6. The fraction of sp³-hybridized carbons (Fsp3) is 0.190. The van der Waals surface area contributed by atoms with E-state index in [0.717, 1.165) is 0 Å². The van der Waals surface area contributed by atoms with Crippen LogP contribution in [-0.2, 0) is 21.1 Å². The molecule has 6 nitrogen and oxygen atoms in total. The molecule has 0 saturated heterocycles. The minimum absolute atomic E-state index is 0.106. The van der Waals surface area contributed by atoms with Gasteiger partial charge in [0.15, 0.2) is 5.71 Å². The summed E-state index contributed by atoms with van der Waals surface area (Å²) in [5.41, 5.74) is 2.39. The second kappa shape index (κ2) is 10.5. The molecular formula is C21H20FN3O3. The van der Waals surface area contributed by atoms with E-state index in [-0.39, 0.29) is 24.0 Å². The second-order valence-corrected chi connectivity index (χ2v) is 5.57. The van der Waals surface area contributed by atoms with Gasteiger partial charge in [-0.2, -0.15) is 0 Å². The van der Waals surface area contributed by atoms with Gasteiger partial charge in [-0.15, -0.1) is 0 Å². The van der Waals surface area contributed by atoms with Crippen LogP contribution in [0.25, 0.3) is 0 Å². The first-order valence-electron chi connectivity index (χ1n) is 8.40. The van der Waals surface area contributed by atoms with E-state index in [1.807, 2.05) is 6.07 Å². The second-order valence-electron chi connectivity index (χ2n) is 5.57. The largest absolute Gasteiger partial charge is 0.398 e. The van der Waals surface area contributed by atoms with Crippen LogP contribution in [0.5, 0.6) is 0 Å². The van der Waals surface area contributed by atoms with Crippen molar-refractivity contribution < 1.29 is 18.9 Å². The summed E-state index contributed by atoms with van der Waals surface area (Å²) < 4.78 is 13.2. The number of likely N-dealkylation sites (N-methyl/N-ethyl adjacent to an activating group) is 1. The Kier molecular flexibility index (Phi) is 7.73. The number of oxime groups is 2. The van der Waals surface area contributed by atoms with E-state index in [1.165, 1.54) is 26.3 Å². The molecule has 0 spiro atoms. The third kappa shape index (κ3) is 5.95. The predicted octanol–water partition coefficient (Wildman–Crippen LogP) is 2.87. The Bertz CT molecular complexity index is 959. The van der Waals surface area contributed by atoms with Gasteiger partial charge in [0.1, 0.15) is 25.2 Å². The number of halogens is 1. The minimum atomic E-state index is -0.380. The molecule has 28 heavy (non-hydrogen) atoms. The van der Waals surface area contributed by atoms with Crippen LogP contribution >= 0.6 is 0 Å². The molecule has 0 heterocycles. The van der Waals surface area contributed by atoms with Gasteiger partial charge in [0.2, 0.25) is 0 Å². The van der Waals surface area contributed by atoms with Gasteiger partial charge in [-0.1, -0.05) is 46.6 Å². The van der Waals surface area contributed by atoms with Crippen LogP contribution in [0, 0.1) is 17.7 Å². The fourth-order valence-corrected chi connectivity index (χ4v) is 2.25. The highest BCUT2D eigenvalue weighted by Crippen LogP contribution is 2.12. The molecule has 0 aliphatic heterocycles. The number of amides is 1. The number of benzene rings is 2. The monoisotopic (exact) mass is 381 g/mol. The van der Waals surface area contributed by atoms with Gasteiger partial charge in [-0.3, -0.25) is 4.79 Å². The lowest BCUT2D eigenvalue weighted by Gasteiger charge is -2.09. The average molecular weight is 381 g/mol. The Balaban J connectivity index is 2.12. The van der Waals surface area contributed by atoms with E-state index in [0.29, 0.717) is 22.4 Å². The lowest BCUT2D eigenvalue weighted by Crippen LogP contribution is -2.29. The fourth-order valence-electron chi connectivity index (χ4n) is 2.25. The van der Waals surface area contributed by atoms with Crippen LogP contribution in [0.3, 0.4) is 0 Å². The molecule has 144 valence electrons. The SMILES string of the molecule is CNC(=O)/C(=N/OC)c1ccccc1CO/N=C(\C)C#Cc1cccc(F)c1. The van der Waals surface area contributed by atoms with Gasteiger partial charge in [-0.05, 0) is 31.0 Å². The van der Waals surface area contributed by atoms with Crippen molar-refractivity contribution in [1.82, 2.24) is 5.32 Å². The first-order valence-corrected chi connectivity index (χ1v) is 8.40. The topological polar surface area (TPSA) is 72.3 Å². The molecule has 0 unspecified atom stereocenters. The minimum Gasteiger partial charge on any atom is -0.398 e. The Morgan fingerprint density at radius 1 is 1.18 bits per heavy atom. The molecule has 2 aromatic carbocycles. The van der Waals surface area contributed by atoms with Gasteiger partial charge >= 0.3 is 0 Å². The number of nitrogens with zero attached hydrogens (tertiary/aromatic N) is 2. The Morgan fingerprint density at radius 2 is 1.96 bits per heavy atom. The molecule has 0 radical (unpaired) electrons. The van der Waals surface area contributed by atoms with Crippen molar-refractivity contribution in [2.24, 2.45) is 10.3 Å². The third-order valence-corrected chi connectivity index (χ3v) is 3.53. The summed E-state index contributed by atoms with van der Waals surface area (Å²) >= 11 is 0. The molecule has 1 amide bonds. The van der Waals surface area contributed by atoms with E-state index in [1.54, 1.807) is 37.3 Å². The lowest BCUT2D eigenvalue weighted by molar-refractivity contribution is -0.114. The van der Waals surface area contributed by atoms with Crippen molar-refractivity contribution in [1.29, 1.82) is 0 Å². The molecule has 1 N–H and O–H groups in total. The van der Waals surface area contributed by atoms with Gasteiger partial charge in [0, 0.05) is 23.7 Å². The molecule has 0 aromatic heterocycles. The van der Waals surface area contributed by atoms with Gasteiger partial charge in [0.05, 0.1) is 0 Å². The zero-order valence-corrected chi connectivity index (χ0v) is 15.8. The maximum atomic E-state index is 13.2. The molecule has 0 bridgehead atoms. The van der Waals surface area contributed by atoms with Crippen molar-refractivity contribution in [3.8, 4) is 11.8 Å². The molecular weight excluding hydrogens is 361 g/mol. The molecule has 0 saturated carbocycles. The Morgan fingerprint density at radius 3 is 2.68 bits per heavy atom. The normalized spacial score (nSPS) is 11.3. The highest BCUT2D eigenvalue weighted by Gasteiger charge is 2.17. The zero-order valence-electron chi connectivity index (χ0n) is 15.8. The molecule has 0 aliphatic rings. The van der Waals surface area contributed by atoms with Crippen molar-refractivity contribution in [2.75, 3.05) is 14.2 Å². The summed E-state index contributed by atoms with van der Waals surface area (Å²) in [6.07, 6.45) is 0. The average Bonchev–Trinajstić information content (AvgIpc) is 2.70. The molecule has 0 atom stereocenters. The third-order valence-electron chi connectivity index (χ3n) is 3.53. The quantitative estimate of drug-likeness (QED) is 0.475. The summed E-state index contributed by atoms with van der Waals surface area (Å²) in [7, 11) is 2.88. The van der Waals surface area contributed by atoms with Crippen molar-refractivity contribution >= 4 is 17.3 Å². The Hall–Kier alpha value is -3.66. The van der Waals surface area contributed by atoms with Gasteiger partial charge in [-0.25, -0.2) is 4.39 Å². The highest BCUT2D eigenvalue weighted by molar-refractivity contribution is 6.45. The molecule has 2 rings (SSSR count). The maximum absolute atomic E-state index is 13.2. The highest BCUT2D eigenvalue weighted by atomic mass is 19.1. The first kappa shape index (κ1) is 20.6. The smallest absolute Gasteiger partial charge is 0.273 e. The number of hydrogen-bond donors (Lipinski definition) is 1. The lowest BCUT2D eigenvalue weighted by atomic mass is 10.0. The van der Waals surface area contributed by atoms with Gasteiger partial charge in [0.25, 0.3) is 5.91 Å². The summed E-state index contributed by atoms with van der Waals surface area (Å²) in [6, 6.07) is 13.1. The summed E-state index contributed by atoms with van der Waals surface area (Å²) in [4.78, 5) is 22.2. The predicted molar refractivity (Wildman–Crippen MR) is 105 cm³/mol. The first-order chi connectivity index (χ1) is 13.5. The van der Waals surface area contributed by atoms with Crippen LogP contribution in [0.15, 0.2) is 58.8 Å². The molecule has 0 aliphatic carbocycles. The standard InChI is InChI=1S/C21H20FN3O3/c1-15(11-12-16-7-6-9-18(22)13-16)24-28-14-17-8-4-5-10-19(17)20(25-27-3)21(26)23-2/h4-10,13H,14H2,1-3H3,(H,23,26)/b24-15+,25-20+. The molecule has 0 fully saturated rings. The van der Waals surface area contributed by atoms with Crippen LogP contribution in [0.1, 0.15) is 23.6 Å². The zero-order chi connectivity index (χ0) is 20.4. The van der Waals surface area contributed by atoms with E-state index in [9.17, 15) is 9.18 Å². The van der Waals surface area contributed by atoms with E-state index >= 15 is 0 Å². The van der Waals surface area contributed by atoms with E-state index in [4.69, 9.17) is 9.68 Å². The number of carbonyl (C=O) groups is 1. The maximum Gasteiger partial charge on any atom is 0.273 e. The summed E-state index contributed by atoms with van der Waals surface area (Å²) in [5, 5.41) is 10.3. The van der Waals surface area contributed by atoms with Crippen molar-refractivity contribution in [3.05, 3.63) is 71.0 Å². The van der Waals surface area contributed by atoms with Crippen LogP contribution in [0.4, 0.5) is 4.39 Å².